The summed E-state index contributed by atoms with van der Waals surface area (Å²) in [7, 11) is 0. The van der Waals surface area contributed by atoms with Crippen LogP contribution in [0.4, 0.5) is 0 Å². The highest BCUT2D eigenvalue weighted by molar-refractivity contribution is 9.10. The summed E-state index contributed by atoms with van der Waals surface area (Å²) in [5, 5.41) is 12.3. The van der Waals surface area contributed by atoms with E-state index in [-0.39, 0.29) is 12.5 Å². The fourth-order valence-corrected chi connectivity index (χ4v) is 2.64. The minimum atomic E-state index is -1.14. The first-order valence-electron chi connectivity index (χ1n) is 7.72. The first-order chi connectivity index (χ1) is 11.4. The van der Waals surface area contributed by atoms with Crippen LogP contribution in [0.5, 0.6) is 0 Å². The van der Waals surface area contributed by atoms with E-state index in [0.717, 1.165) is 10.0 Å². The van der Waals surface area contributed by atoms with Crippen LogP contribution in [0, 0.1) is 0 Å². The van der Waals surface area contributed by atoms with E-state index in [4.69, 9.17) is 0 Å². The van der Waals surface area contributed by atoms with Gasteiger partial charge in [-0.25, -0.2) is 0 Å². The summed E-state index contributed by atoms with van der Waals surface area (Å²) in [5.41, 5.74) is 0.595. The Bertz CT molecular complexity index is 700. The summed E-state index contributed by atoms with van der Waals surface area (Å²) in [6.07, 6.45) is 0.945. The molecular formula is C19H20BrNO3. The number of halogens is 1. The van der Waals surface area contributed by atoms with Gasteiger partial charge >= 0.3 is 5.97 Å². The molecule has 0 fully saturated rings. The van der Waals surface area contributed by atoms with Crippen molar-refractivity contribution >= 4 is 27.8 Å². The molecule has 0 spiro atoms. The number of hydrogen-bond acceptors (Lipinski definition) is 2. The Balaban J connectivity index is 1.93. The molecule has 2 N–H and O–H groups in total. The van der Waals surface area contributed by atoms with Crippen LogP contribution in [0.15, 0.2) is 59.1 Å². The second-order valence-electron chi connectivity index (χ2n) is 5.91. The van der Waals surface area contributed by atoms with E-state index < -0.39 is 11.4 Å². The number of aliphatic carboxylic acids is 1. The molecule has 2 rings (SSSR count). The Labute approximate surface area is 150 Å². The molecule has 0 aliphatic heterocycles. The average Bonchev–Trinajstić information content (AvgIpc) is 2.59. The molecular weight excluding hydrogens is 370 g/mol. The lowest BCUT2D eigenvalue weighted by Crippen LogP contribution is -2.44. The maximum atomic E-state index is 12.1. The molecule has 0 bridgehead atoms. The molecule has 5 heteroatoms. The number of carbonyl (C=O) groups is 2. The topological polar surface area (TPSA) is 66.4 Å². The number of hydrogen-bond donors (Lipinski definition) is 2. The summed E-state index contributed by atoms with van der Waals surface area (Å²) in [6.45, 7) is 1.69. The van der Waals surface area contributed by atoms with E-state index in [1.165, 1.54) is 0 Å². The van der Waals surface area contributed by atoms with Crippen molar-refractivity contribution in [2.45, 2.75) is 25.2 Å². The molecule has 0 radical (unpaired) electrons. The summed E-state index contributed by atoms with van der Waals surface area (Å²) >= 11 is 3.37. The smallest absolute Gasteiger partial charge is 0.315 e. The standard InChI is InChI=1S/C19H20BrNO3/c1-19(18(23)24,15-5-3-2-4-6-15)13-21-17(22)12-9-14-7-10-16(20)11-8-14/h2-8,10-11H,9,12-13H2,1H3,(H,21,22)(H,23,24). The van der Waals surface area contributed by atoms with Crippen LogP contribution in [0.2, 0.25) is 0 Å². The number of carboxylic acid groups (broad SMARTS) is 1. The number of carbonyl (C=O) groups excluding carboxylic acids is 1. The van der Waals surface area contributed by atoms with Crippen LogP contribution in [-0.4, -0.2) is 23.5 Å². The van der Waals surface area contributed by atoms with E-state index in [1.54, 1.807) is 31.2 Å². The Morgan fingerprint density at radius 1 is 1.08 bits per heavy atom. The zero-order valence-corrected chi connectivity index (χ0v) is 15.0. The number of nitrogens with one attached hydrogen (secondary N) is 1. The van der Waals surface area contributed by atoms with Crippen molar-refractivity contribution < 1.29 is 14.7 Å². The highest BCUT2D eigenvalue weighted by atomic mass is 79.9. The molecule has 0 heterocycles. The number of carboxylic acids is 1. The highest BCUT2D eigenvalue weighted by Crippen LogP contribution is 2.23. The fourth-order valence-electron chi connectivity index (χ4n) is 2.38. The van der Waals surface area contributed by atoms with Gasteiger partial charge in [-0.15, -0.1) is 0 Å². The minimum absolute atomic E-state index is 0.0610. The van der Waals surface area contributed by atoms with E-state index in [2.05, 4.69) is 21.2 Å². The van der Waals surface area contributed by atoms with Gasteiger partial charge in [-0.05, 0) is 36.6 Å². The Hall–Kier alpha value is -2.14. The maximum Gasteiger partial charge on any atom is 0.315 e. The first kappa shape index (κ1) is 18.2. The van der Waals surface area contributed by atoms with Crippen molar-refractivity contribution in [3.8, 4) is 0 Å². The van der Waals surface area contributed by atoms with E-state index >= 15 is 0 Å². The molecule has 4 nitrogen and oxygen atoms in total. The average molecular weight is 390 g/mol. The number of benzene rings is 2. The van der Waals surface area contributed by atoms with Crippen molar-refractivity contribution in [1.29, 1.82) is 0 Å². The summed E-state index contributed by atoms with van der Waals surface area (Å²) in [5.74, 6) is -1.11. The summed E-state index contributed by atoms with van der Waals surface area (Å²) in [4.78, 5) is 23.8. The van der Waals surface area contributed by atoms with Gasteiger partial charge in [0.1, 0.15) is 5.41 Å². The van der Waals surface area contributed by atoms with Crippen LogP contribution in [0.3, 0.4) is 0 Å². The number of aryl methyl sites for hydroxylation is 1. The Kier molecular flexibility index (Phi) is 6.15. The van der Waals surface area contributed by atoms with Gasteiger partial charge in [0.15, 0.2) is 0 Å². The quantitative estimate of drug-likeness (QED) is 0.760. The van der Waals surface area contributed by atoms with Crippen molar-refractivity contribution in [3.63, 3.8) is 0 Å². The lowest BCUT2D eigenvalue weighted by Gasteiger charge is -2.25. The molecule has 2 aromatic carbocycles. The highest BCUT2D eigenvalue weighted by Gasteiger charge is 2.35. The van der Waals surface area contributed by atoms with Gasteiger partial charge in [-0.2, -0.15) is 0 Å². The number of rotatable bonds is 7. The predicted octanol–water partition coefficient (Wildman–Crippen LogP) is 3.54. The van der Waals surface area contributed by atoms with Crippen molar-refractivity contribution in [3.05, 3.63) is 70.2 Å². The zero-order chi connectivity index (χ0) is 17.6. The Morgan fingerprint density at radius 2 is 1.71 bits per heavy atom. The second-order valence-corrected chi connectivity index (χ2v) is 6.82. The summed E-state index contributed by atoms with van der Waals surface area (Å²) < 4.78 is 0.996. The summed E-state index contributed by atoms with van der Waals surface area (Å²) in [6, 6.07) is 16.8. The van der Waals surface area contributed by atoms with Crippen molar-refractivity contribution in [1.82, 2.24) is 5.32 Å². The van der Waals surface area contributed by atoms with Gasteiger partial charge in [0.25, 0.3) is 0 Å². The third-order valence-electron chi connectivity index (χ3n) is 4.08. The van der Waals surface area contributed by atoms with Gasteiger partial charge in [-0.3, -0.25) is 9.59 Å². The maximum absolute atomic E-state index is 12.1. The second kappa shape index (κ2) is 8.11. The van der Waals surface area contributed by atoms with Gasteiger partial charge < -0.3 is 10.4 Å². The van der Waals surface area contributed by atoms with E-state index in [9.17, 15) is 14.7 Å². The third-order valence-corrected chi connectivity index (χ3v) is 4.60. The van der Waals surface area contributed by atoms with E-state index in [0.29, 0.717) is 18.4 Å². The van der Waals surface area contributed by atoms with Crippen LogP contribution in [0.1, 0.15) is 24.5 Å². The molecule has 1 atom stereocenters. The van der Waals surface area contributed by atoms with Crippen LogP contribution < -0.4 is 5.32 Å². The zero-order valence-electron chi connectivity index (χ0n) is 13.5. The molecule has 0 saturated heterocycles. The molecule has 0 aliphatic carbocycles. The molecule has 0 saturated carbocycles. The molecule has 0 aliphatic rings. The first-order valence-corrected chi connectivity index (χ1v) is 8.51. The van der Waals surface area contributed by atoms with Crippen LogP contribution in [-0.2, 0) is 21.4 Å². The minimum Gasteiger partial charge on any atom is -0.481 e. The molecule has 24 heavy (non-hydrogen) atoms. The molecule has 0 aromatic heterocycles. The monoisotopic (exact) mass is 389 g/mol. The molecule has 126 valence electrons. The fraction of sp³-hybridized carbons (Fsp3) is 0.263. The largest absolute Gasteiger partial charge is 0.481 e. The lowest BCUT2D eigenvalue weighted by atomic mass is 9.82. The van der Waals surface area contributed by atoms with Crippen molar-refractivity contribution in [2.75, 3.05) is 6.54 Å². The van der Waals surface area contributed by atoms with Gasteiger partial charge in [0, 0.05) is 17.4 Å². The molecule has 1 unspecified atom stereocenters. The predicted molar refractivity (Wildman–Crippen MR) is 96.9 cm³/mol. The van der Waals surface area contributed by atoms with Crippen LogP contribution >= 0.6 is 15.9 Å². The molecule has 1 amide bonds. The number of amides is 1. The SMILES string of the molecule is CC(CNC(=O)CCc1ccc(Br)cc1)(C(=O)O)c1ccccc1. The van der Waals surface area contributed by atoms with E-state index in [1.807, 2.05) is 30.3 Å². The van der Waals surface area contributed by atoms with Crippen molar-refractivity contribution in [2.24, 2.45) is 0 Å². The lowest BCUT2D eigenvalue weighted by molar-refractivity contribution is -0.143. The van der Waals surface area contributed by atoms with Crippen LogP contribution in [0.25, 0.3) is 0 Å². The van der Waals surface area contributed by atoms with Gasteiger partial charge in [-0.1, -0.05) is 58.4 Å². The van der Waals surface area contributed by atoms with Gasteiger partial charge in [0.2, 0.25) is 5.91 Å². The normalized spacial score (nSPS) is 13.1. The van der Waals surface area contributed by atoms with Gasteiger partial charge in [0.05, 0.1) is 0 Å². The Morgan fingerprint density at radius 3 is 2.29 bits per heavy atom. The third kappa shape index (κ3) is 4.68. The molecule has 2 aromatic rings.